The quantitative estimate of drug-likeness (QED) is 0.335. The van der Waals surface area contributed by atoms with Gasteiger partial charge in [0.2, 0.25) is 0 Å². The lowest BCUT2D eigenvalue weighted by Gasteiger charge is -2.09. The summed E-state index contributed by atoms with van der Waals surface area (Å²) < 4.78 is 0.576. The Morgan fingerprint density at radius 3 is 2.81 bits per heavy atom. The number of nitrogens with one attached hydrogen (secondary N) is 1. The second-order valence-corrected chi connectivity index (χ2v) is 5.23. The molecule has 0 radical (unpaired) electrons. The van der Waals surface area contributed by atoms with Crippen LogP contribution in [0.2, 0.25) is 5.02 Å². The summed E-state index contributed by atoms with van der Waals surface area (Å²) in [5.41, 5.74) is 6.55. The van der Waals surface area contributed by atoms with Crippen LogP contribution in [0, 0.1) is 0 Å². The maximum atomic E-state index is 12.1. The molecule has 2 rings (SSSR count). The summed E-state index contributed by atoms with van der Waals surface area (Å²) in [5.74, 6) is -0.469. The molecule has 108 valence electrons. The number of aromatic nitrogens is 1. The monoisotopic (exact) mass is 368 g/mol. The van der Waals surface area contributed by atoms with Gasteiger partial charge in [-0.15, -0.1) is 0 Å². The lowest BCUT2D eigenvalue weighted by molar-refractivity contribution is 0.102. The van der Waals surface area contributed by atoms with Crippen LogP contribution in [-0.4, -0.2) is 21.9 Å². The summed E-state index contributed by atoms with van der Waals surface area (Å²) in [7, 11) is 0. The van der Waals surface area contributed by atoms with E-state index in [0.29, 0.717) is 15.7 Å². The highest BCUT2D eigenvalue weighted by Gasteiger charge is 2.13. The zero-order valence-corrected chi connectivity index (χ0v) is 12.9. The van der Waals surface area contributed by atoms with Crippen molar-refractivity contribution in [2.45, 2.75) is 0 Å². The van der Waals surface area contributed by atoms with Crippen LogP contribution in [0.15, 0.2) is 46.2 Å². The van der Waals surface area contributed by atoms with Gasteiger partial charge < -0.3 is 16.3 Å². The average Bonchev–Trinajstić information content (AvgIpc) is 2.48. The van der Waals surface area contributed by atoms with Crippen LogP contribution in [-0.2, 0) is 0 Å². The number of nitrogens with zero attached hydrogens (tertiary/aromatic N) is 2. The Morgan fingerprint density at radius 1 is 1.43 bits per heavy atom. The Bertz CT molecular complexity index is 721. The molecule has 0 aliphatic rings. The number of carbonyl (C=O) groups excluding carboxylic acids is 1. The number of rotatable bonds is 3. The van der Waals surface area contributed by atoms with Crippen LogP contribution in [0.1, 0.15) is 16.1 Å². The normalized spacial score (nSPS) is 11.2. The molecule has 1 aromatic heterocycles. The molecule has 1 aromatic carbocycles. The van der Waals surface area contributed by atoms with E-state index in [2.05, 4.69) is 31.4 Å². The molecule has 2 aromatic rings. The summed E-state index contributed by atoms with van der Waals surface area (Å²) in [5, 5.41) is 14.4. The van der Waals surface area contributed by atoms with Crippen molar-refractivity contribution in [2.24, 2.45) is 10.9 Å². The van der Waals surface area contributed by atoms with Crippen molar-refractivity contribution in [1.29, 1.82) is 0 Å². The van der Waals surface area contributed by atoms with Crippen LogP contribution in [0.5, 0.6) is 0 Å². The third-order valence-electron chi connectivity index (χ3n) is 2.59. The van der Waals surface area contributed by atoms with Gasteiger partial charge in [0.05, 0.1) is 10.7 Å². The van der Waals surface area contributed by atoms with Gasteiger partial charge in [0.1, 0.15) is 5.69 Å². The minimum absolute atomic E-state index is 0.0674. The molecule has 0 unspecified atom stereocenters. The zero-order chi connectivity index (χ0) is 15.4. The highest BCUT2D eigenvalue weighted by Crippen LogP contribution is 2.24. The number of hydrogen-bond acceptors (Lipinski definition) is 4. The van der Waals surface area contributed by atoms with Gasteiger partial charge in [-0.25, -0.2) is 4.98 Å². The van der Waals surface area contributed by atoms with Crippen molar-refractivity contribution in [1.82, 2.24) is 4.98 Å². The number of pyridine rings is 1. The van der Waals surface area contributed by atoms with Crippen LogP contribution in [0.25, 0.3) is 0 Å². The first-order chi connectivity index (χ1) is 10.0. The Morgan fingerprint density at radius 2 is 2.19 bits per heavy atom. The van der Waals surface area contributed by atoms with E-state index in [-0.39, 0.29) is 16.6 Å². The van der Waals surface area contributed by atoms with Crippen molar-refractivity contribution in [3.05, 3.63) is 57.3 Å². The minimum atomic E-state index is -0.402. The Labute approximate surface area is 133 Å². The van der Waals surface area contributed by atoms with Gasteiger partial charge in [0.25, 0.3) is 5.91 Å². The van der Waals surface area contributed by atoms with E-state index in [0.717, 1.165) is 0 Å². The molecule has 0 bridgehead atoms. The number of amidine groups is 1. The van der Waals surface area contributed by atoms with Crippen molar-refractivity contribution < 1.29 is 10.0 Å². The number of amides is 1. The maximum Gasteiger partial charge on any atom is 0.275 e. The van der Waals surface area contributed by atoms with E-state index < -0.39 is 5.91 Å². The second kappa shape index (κ2) is 6.55. The third-order valence-corrected chi connectivity index (χ3v) is 3.55. The molecule has 0 spiro atoms. The van der Waals surface area contributed by atoms with Gasteiger partial charge >= 0.3 is 0 Å². The van der Waals surface area contributed by atoms with E-state index in [4.69, 9.17) is 22.5 Å². The molecule has 6 nitrogen and oxygen atoms in total. The van der Waals surface area contributed by atoms with E-state index in [9.17, 15) is 4.79 Å². The Balaban J connectivity index is 2.25. The second-order valence-electron chi connectivity index (χ2n) is 3.97. The number of benzene rings is 1. The van der Waals surface area contributed by atoms with Crippen molar-refractivity contribution >= 4 is 45.0 Å². The van der Waals surface area contributed by atoms with Gasteiger partial charge in [-0.05, 0) is 46.3 Å². The first-order valence-corrected chi connectivity index (χ1v) is 6.89. The summed E-state index contributed by atoms with van der Waals surface area (Å²) in [6, 6.07) is 8.04. The lowest BCUT2D eigenvalue weighted by atomic mass is 10.2. The molecule has 0 saturated heterocycles. The average molecular weight is 370 g/mol. The molecule has 8 heteroatoms. The van der Waals surface area contributed by atoms with Crippen molar-refractivity contribution in [2.75, 3.05) is 5.32 Å². The van der Waals surface area contributed by atoms with Crippen LogP contribution in [0.4, 0.5) is 5.69 Å². The van der Waals surface area contributed by atoms with E-state index in [1.807, 2.05) is 0 Å². The fraction of sp³-hybridized carbons (Fsp3) is 0. The molecule has 0 fully saturated rings. The van der Waals surface area contributed by atoms with Crippen molar-refractivity contribution in [3.63, 3.8) is 0 Å². The summed E-state index contributed by atoms with van der Waals surface area (Å²) in [4.78, 5) is 16.1. The largest absolute Gasteiger partial charge is 0.409 e. The Kier molecular flexibility index (Phi) is 4.77. The van der Waals surface area contributed by atoms with Gasteiger partial charge in [0.15, 0.2) is 5.84 Å². The first-order valence-electron chi connectivity index (χ1n) is 5.72. The van der Waals surface area contributed by atoms with Crippen LogP contribution >= 0.6 is 27.5 Å². The molecule has 4 N–H and O–H groups in total. The smallest absolute Gasteiger partial charge is 0.275 e. The minimum Gasteiger partial charge on any atom is -0.409 e. The molecule has 0 aliphatic carbocycles. The number of carbonyl (C=O) groups is 1. The molecular formula is C13H10BrClN4O2. The Hall–Kier alpha value is -2.12. The molecule has 1 amide bonds. The summed E-state index contributed by atoms with van der Waals surface area (Å²) in [6.45, 7) is 0. The van der Waals surface area contributed by atoms with E-state index >= 15 is 0 Å². The topological polar surface area (TPSA) is 101 Å². The number of anilines is 1. The first kappa shape index (κ1) is 15.3. The predicted octanol–water partition coefficient (Wildman–Crippen LogP) is 2.84. The van der Waals surface area contributed by atoms with Gasteiger partial charge in [-0.1, -0.05) is 16.8 Å². The number of nitrogens with two attached hydrogens (primary N) is 1. The van der Waals surface area contributed by atoms with Crippen molar-refractivity contribution in [3.8, 4) is 0 Å². The highest BCUT2D eigenvalue weighted by atomic mass is 79.9. The molecule has 0 atom stereocenters. The predicted molar refractivity (Wildman–Crippen MR) is 83.9 cm³/mol. The van der Waals surface area contributed by atoms with Crippen LogP contribution < -0.4 is 11.1 Å². The standard InChI is InChI=1S/C13H10BrClN4O2/c14-8-2-1-5-17-11(8)13(20)18-10-4-3-7(6-9(10)15)12(16)19-21/h1-6,21H,(H2,16,19)(H,18,20). The van der Waals surface area contributed by atoms with E-state index in [1.165, 1.54) is 12.3 Å². The van der Waals surface area contributed by atoms with E-state index in [1.54, 1.807) is 24.3 Å². The maximum absolute atomic E-state index is 12.1. The summed E-state index contributed by atoms with van der Waals surface area (Å²) in [6.07, 6.45) is 1.52. The summed E-state index contributed by atoms with van der Waals surface area (Å²) >= 11 is 9.32. The molecule has 0 aliphatic heterocycles. The molecule has 1 heterocycles. The number of hydrogen-bond donors (Lipinski definition) is 3. The fourth-order valence-electron chi connectivity index (χ4n) is 1.57. The number of oxime groups is 1. The van der Waals surface area contributed by atoms with Gasteiger partial charge in [-0.3, -0.25) is 4.79 Å². The lowest BCUT2D eigenvalue weighted by Crippen LogP contribution is -2.16. The molecule has 21 heavy (non-hydrogen) atoms. The third kappa shape index (κ3) is 3.50. The molecular weight excluding hydrogens is 360 g/mol. The van der Waals surface area contributed by atoms with Gasteiger partial charge in [-0.2, -0.15) is 0 Å². The van der Waals surface area contributed by atoms with Gasteiger partial charge in [0, 0.05) is 16.2 Å². The highest BCUT2D eigenvalue weighted by molar-refractivity contribution is 9.10. The molecule has 0 saturated carbocycles. The SMILES string of the molecule is N/C(=N/O)c1ccc(NC(=O)c2ncccc2Br)c(Cl)c1. The fourth-order valence-corrected chi connectivity index (χ4v) is 2.23. The van der Waals surface area contributed by atoms with Crippen LogP contribution in [0.3, 0.4) is 0 Å². The zero-order valence-electron chi connectivity index (χ0n) is 10.5. The number of halogens is 2.